The van der Waals surface area contributed by atoms with E-state index >= 15 is 0 Å². The van der Waals surface area contributed by atoms with E-state index < -0.39 is 0 Å². The number of benzene rings is 3. The van der Waals surface area contributed by atoms with Gasteiger partial charge in [-0.3, -0.25) is 0 Å². The highest BCUT2D eigenvalue weighted by Gasteiger charge is 2.06. The predicted molar refractivity (Wildman–Crippen MR) is 97.5 cm³/mol. The van der Waals surface area contributed by atoms with Gasteiger partial charge in [-0.05, 0) is 17.2 Å². The van der Waals surface area contributed by atoms with Crippen molar-refractivity contribution < 1.29 is 9.47 Å². The fourth-order valence-electron chi connectivity index (χ4n) is 2.35. The molecule has 0 saturated heterocycles. The quantitative estimate of drug-likeness (QED) is 0.523. The molecule has 0 amide bonds. The molecule has 3 rings (SSSR count). The van der Waals surface area contributed by atoms with E-state index in [1.165, 1.54) is 0 Å². The van der Waals surface area contributed by atoms with Crippen LogP contribution < -0.4 is 9.47 Å². The number of ether oxygens (including phenoxy) is 2. The molecule has 3 heteroatoms. The van der Waals surface area contributed by atoms with E-state index in [-0.39, 0.29) is 0 Å². The van der Waals surface area contributed by atoms with Crippen molar-refractivity contribution >= 4 is 11.6 Å². The number of halogens is 1. The summed E-state index contributed by atoms with van der Waals surface area (Å²) < 4.78 is 11.8. The van der Waals surface area contributed by atoms with Gasteiger partial charge < -0.3 is 9.47 Å². The number of hydrogen-bond donors (Lipinski definition) is 0. The molecule has 24 heavy (non-hydrogen) atoms. The van der Waals surface area contributed by atoms with E-state index in [2.05, 4.69) is 0 Å². The first-order valence-electron chi connectivity index (χ1n) is 7.87. The molecule has 3 aromatic carbocycles. The summed E-state index contributed by atoms with van der Waals surface area (Å²) in [5.41, 5.74) is 3.21. The molecule has 0 bridgehead atoms. The normalized spacial score (nSPS) is 10.4. The molecule has 0 aliphatic heterocycles. The minimum Gasteiger partial charge on any atom is -0.489 e. The van der Waals surface area contributed by atoms with Crippen molar-refractivity contribution in [1.29, 1.82) is 0 Å². The number of alkyl halides is 1. The van der Waals surface area contributed by atoms with Crippen LogP contribution >= 0.6 is 11.6 Å². The molecular formula is C21H19ClO2. The van der Waals surface area contributed by atoms with Gasteiger partial charge in [0, 0.05) is 11.6 Å². The van der Waals surface area contributed by atoms with Crippen molar-refractivity contribution in [2.75, 3.05) is 0 Å². The minimum absolute atomic E-state index is 0.406. The Hall–Kier alpha value is -2.45. The Morgan fingerprint density at radius 3 is 1.83 bits per heavy atom. The molecule has 3 aromatic rings. The molecule has 0 atom stereocenters. The third-order valence-corrected chi connectivity index (χ3v) is 3.96. The Balaban J connectivity index is 1.68. The molecule has 0 aromatic heterocycles. The van der Waals surface area contributed by atoms with Gasteiger partial charge in [0.1, 0.15) is 24.7 Å². The third-order valence-electron chi connectivity index (χ3n) is 3.67. The van der Waals surface area contributed by atoms with Gasteiger partial charge in [-0.15, -0.1) is 11.6 Å². The third kappa shape index (κ3) is 4.53. The van der Waals surface area contributed by atoms with E-state index in [0.29, 0.717) is 19.1 Å². The van der Waals surface area contributed by atoms with Crippen LogP contribution in [0, 0.1) is 0 Å². The molecule has 0 fully saturated rings. The zero-order valence-corrected chi connectivity index (χ0v) is 14.1. The highest BCUT2D eigenvalue weighted by Crippen LogP contribution is 2.27. The first-order chi connectivity index (χ1) is 11.8. The topological polar surface area (TPSA) is 18.5 Å². The van der Waals surface area contributed by atoms with Crippen molar-refractivity contribution in [3.63, 3.8) is 0 Å². The van der Waals surface area contributed by atoms with E-state index in [1.807, 2.05) is 78.9 Å². The SMILES string of the molecule is ClCc1ccc(OCc2ccccc2)cc1OCc1ccccc1. The maximum Gasteiger partial charge on any atom is 0.127 e. The number of rotatable bonds is 7. The summed E-state index contributed by atoms with van der Waals surface area (Å²) in [6, 6.07) is 25.9. The van der Waals surface area contributed by atoms with Crippen molar-refractivity contribution in [2.45, 2.75) is 19.1 Å². The zero-order chi connectivity index (χ0) is 16.6. The van der Waals surface area contributed by atoms with E-state index in [1.54, 1.807) is 0 Å². The van der Waals surface area contributed by atoms with Crippen LogP contribution in [-0.4, -0.2) is 0 Å². The fraction of sp³-hybridized carbons (Fsp3) is 0.143. The lowest BCUT2D eigenvalue weighted by Gasteiger charge is -2.13. The molecule has 0 unspecified atom stereocenters. The summed E-state index contributed by atoms with van der Waals surface area (Å²) in [5, 5.41) is 0. The molecule has 0 aliphatic rings. The standard InChI is InChI=1S/C21H19ClO2/c22-14-19-11-12-20(23-15-17-7-3-1-4-8-17)13-21(19)24-16-18-9-5-2-6-10-18/h1-13H,14-16H2. The average molecular weight is 339 g/mol. The van der Waals surface area contributed by atoms with E-state index in [9.17, 15) is 0 Å². The van der Waals surface area contributed by atoms with Gasteiger partial charge in [0.25, 0.3) is 0 Å². The Bertz CT molecular complexity index is 757. The van der Waals surface area contributed by atoms with Gasteiger partial charge in [0.15, 0.2) is 0 Å². The summed E-state index contributed by atoms with van der Waals surface area (Å²) in [6.45, 7) is 1.03. The second-order valence-corrected chi connectivity index (χ2v) is 5.72. The largest absolute Gasteiger partial charge is 0.489 e. The van der Waals surface area contributed by atoms with Crippen molar-refractivity contribution in [3.8, 4) is 11.5 Å². The molecule has 0 heterocycles. The summed E-state index contributed by atoms with van der Waals surface area (Å²) >= 11 is 6.02. The molecule has 0 aliphatic carbocycles. The molecule has 0 radical (unpaired) electrons. The zero-order valence-electron chi connectivity index (χ0n) is 13.3. The fourth-order valence-corrected chi connectivity index (χ4v) is 2.57. The molecule has 2 nitrogen and oxygen atoms in total. The first-order valence-corrected chi connectivity index (χ1v) is 8.41. The van der Waals surface area contributed by atoms with Crippen LogP contribution in [0.5, 0.6) is 11.5 Å². The van der Waals surface area contributed by atoms with Gasteiger partial charge in [-0.25, -0.2) is 0 Å². The van der Waals surface area contributed by atoms with Crippen molar-refractivity contribution in [1.82, 2.24) is 0 Å². The minimum atomic E-state index is 0.406. The molecular weight excluding hydrogens is 320 g/mol. The van der Waals surface area contributed by atoms with Crippen LogP contribution in [0.4, 0.5) is 0 Å². The Kier molecular flexibility index (Phi) is 5.75. The lowest BCUT2D eigenvalue weighted by molar-refractivity contribution is 0.288. The molecule has 0 spiro atoms. The highest BCUT2D eigenvalue weighted by atomic mass is 35.5. The monoisotopic (exact) mass is 338 g/mol. The molecule has 122 valence electrons. The lowest BCUT2D eigenvalue weighted by atomic mass is 10.2. The van der Waals surface area contributed by atoms with Crippen LogP contribution in [0.15, 0.2) is 78.9 Å². The van der Waals surface area contributed by atoms with Gasteiger partial charge in [0.05, 0.1) is 5.88 Å². The van der Waals surface area contributed by atoms with E-state index in [0.717, 1.165) is 28.2 Å². The highest BCUT2D eigenvalue weighted by molar-refractivity contribution is 6.17. The second kappa shape index (κ2) is 8.42. The maximum absolute atomic E-state index is 6.02. The van der Waals surface area contributed by atoms with Gasteiger partial charge in [-0.2, -0.15) is 0 Å². The lowest BCUT2D eigenvalue weighted by Crippen LogP contribution is -2.00. The second-order valence-electron chi connectivity index (χ2n) is 5.45. The maximum atomic E-state index is 6.02. The smallest absolute Gasteiger partial charge is 0.127 e. The van der Waals surface area contributed by atoms with Gasteiger partial charge in [-0.1, -0.05) is 66.7 Å². The summed E-state index contributed by atoms with van der Waals surface area (Å²) in [5.74, 6) is 1.94. The van der Waals surface area contributed by atoms with Crippen molar-refractivity contribution in [2.24, 2.45) is 0 Å². The van der Waals surface area contributed by atoms with Crippen molar-refractivity contribution in [3.05, 3.63) is 95.6 Å². The molecule has 0 saturated carbocycles. The Labute approximate surface area is 147 Å². The van der Waals surface area contributed by atoms with Crippen LogP contribution in [-0.2, 0) is 19.1 Å². The summed E-state index contributed by atoms with van der Waals surface area (Å²) in [7, 11) is 0. The Morgan fingerprint density at radius 1 is 0.667 bits per heavy atom. The molecule has 0 N–H and O–H groups in total. The van der Waals surface area contributed by atoms with Crippen LogP contribution in [0.2, 0.25) is 0 Å². The first kappa shape index (κ1) is 16.4. The summed E-state index contributed by atoms with van der Waals surface area (Å²) in [6.07, 6.45) is 0. The summed E-state index contributed by atoms with van der Waals surface area (Å²) in [4.78, 5) is 0. The van der Waals surface area contributed by atoms with Crippen LogP contribution in [0.25, 0.3) is 0 Å². The van der Waals surface area contributed by atoms with Gasteiger partial charge >= 0.3 is 0 Å². The Morgan fingerprint density at radius 2 is 1.25 bits per heavy atom. The van der Waals surface area contributed by atoms with Crippen LogP contribution in [0.3, 0.4) is 0 Å². The van der Waals surface area contributed by atoms with Crippen LogP contribution in [0.1, 0.15) is 16.7 Å². The number of hydrogen-bond acceptors (Lipinski definition) is 2. The average Bonchev–Trinajstić information content (AvgIpc) is 2.66. The van der Waals surface area contributed by atoms with Gasteiger partial charge in [0.2, 0.25) is 0 Å². The van der Waals surface area contributed by atoms with E-state index in [4.69, 9.17) is 21.1 Å². The predicted octanol–water partition coefficient (Wildman–Crippen LogP) is 5.58.